The summed E-state index contributed by atoms with van der Waals surface area (Å²) < 4.78 is 7.33. The highest BCUT2D eigenvalue weighted by atomic mass is 16.5. The minimum atomic E-state index is -0.246. The van der Waals surface area contributed by atoms with Crippen LogP contribution < -0.4 is 10.1 Å². The highest BCUT2D eigenvalue weighted by Gasteiger charge is 2.39. The van der Waals surface area contributed by atoms with Crippen molar-refractivity contribution < 1.29 is 9.53 Å². The SMILES string of the molecule is O=C(COc1cccc(-n2cncn2)c1)NC1(c2ccccc2)CCC1. The van der Waals surface area contributed by atoms with E-state index in [2.05, 4.69) is 27.5 Å². The Morgan fingerprint density at radius 2 is 2.00 bits per heavy atom. The number of aromatic nitrogens is 3. The van der Waals surface area contributed by atoms with Gasteiger partial charge in [-0.25, -0.2) is 9.67 Å². The third-order valence-corrected chi connectivity index (χ3v) is 4.78. The second kappa shape index (κ2) is 7.00. The maximum atomic E-state index is 12.4. The van der Waals surface area contributed by atoms with Crippen LogP contribution in [-0.2, 0) is 10.3 Å². The largest absolute Gasteiger partial charge is 0.484 e. The zero-order valence-electron chi connectivity index (χ0n) is 14.3. The van der Waals surface area contributed by atoms with Gasteiger partial charge >= 0.3 is 0 Å². The summed E-state index contributed by atoms with van der Waals surface area (Å²) in [6.07, 6.45) is 6.14. The van der Waals surface area contributed by atoms with Crippen molar-refractivity contribution in [1.29, 1.82) is 0 Å². The molecule has 2 aromatic carbocycles. The molecule has 0 aliphatic heterocycles. The summed E-state index contributed by atoms with van der Waals surface area (Å²) in [7, 11) is 0. The fourth-order valence-corrected chi connectivity index (χ4v) is 3.28. The molecular formula is C20H20N4O2. The first-order chi connectivity index (χ1) is 12.8. The van der Waals surface area contributed by atoms with Gasteiger partial charge in [-0.1, -0.05) is 36.4 Å². The van der Waals surface area contributed by atoms with E-state index in [1.807, 2.05) is 42.5 Å². The smallest absolute Gasteiger partial charge is 0.258 e. The molecule has 26 heavy (non-hydrogen) atoms. The zero-order chi connectivity index (χ0) is 17.8. The Kier molecular flexibility index (Phi) is 4.39. The van der Waals surface area contributed by atoms with Gasteiger partial charge in [-0.2, -0.15) is 5.10 Å². The summed E-state index contributed by atoms with van der Waals surface area (Å²) in [6, 6.07) is 17.6. The van der Waals surface area contributed by atoms with Crippen LogP contribution in [0, 0.1) is 0 Å². The third-order valence-electron chi connectivity index (χ3n) is 4.78. The standard InChI is InChI=1S/C20H20N4O2/c25-19(23-20(10-5-11-20)16-6-2-1-3-7-16)13-26-18-9-4-8-17(12-18)24-15-21-14-22-24/h1-4,6-9,12,14-15H,5,10-11,13H2,(H,23,25). The van der Waals surface area contributed by atoms with Gasteiger partial charge in [0.2, 0.25) is 0 Å². The summed E-state index contributed by atoms with van der Waals surface area (Å²) in [6.45, 7) is -0.0185. The van der Waals surface area contributed by atoms with Gasteiger partial charge < -0.3 is 10.1 Å². The van der Waals surface area contributed by atoms with Gasteiger partial charge in [0.1, 0.15) is 18.4 Å². The van der Waals surface area contributed by atoms with Crippen LogP contribution in [0.15, 0.2) is 67.3 Å². The molecule has 0 radical (unpaired) electrons. The van der Waals surface area contributed by atoms with Crippen molar-refractivity contribution in [2.24, 2.45) is 0 Å². The van der Waals surface area contributed by atoms with E-state index in [0.717, 1.165) is 30.5 Å². The lowest BCUT2D eigenvalue weighted by molar-refractivity contribution is -0.126. The number of hydrogen-bond acceptors (Lipinski definition) is 4. The minimum absolute atomic E-state index is 0.0185. The summed E-state index contributed by atoms with van der Waals surface area (Å²) in [5, 5.41) is 7.26. The van der Waals surface area contributed by atoms with Gasteiger partial charge in [0.05, 0.1) is 11.2 Å². The summed E-state index contributed by atoms with van der Waals surface area (Å²) >= 11 is 0. The molecule has 1 fully saturated rings. The van der Waals surface area contributed by atoms with Gasteiger partial charge in [-0.3, -0.25) is 4.79 Å². The topological polar surface area (TPSA) is 69.0 Å². The summed E-state index contributed by atoms with van der Waals surface area (Å²) in [5.41, 5.74) is 1.75. The number of amides is 1. The first kappa shape index (κ1) is 16.3. The number of nitrogens with one attached hydrogen (secondary N) is 1. The van der Waals surface area contributed by atoms with E-state index in [1.54, 1.807) is 11.0 Å². The average molecular weight is 348 g/mol. The second-order valence-corrected chi connectivity index (χ2v) is 6.48. The van der Waals surface area contributed by atoms with Crippen molar-refractivity contribution in [2.75, 3.05) is 6.61 Å². The Bertz CT molecular complexity index is 874. The number of rotatable bonds is 6. The van der Waals surface area contributed by atoms with E-state index < -0.39 is 0 Å². The number of carbonyl (C=O) groups is 1. The first-order valence-electron chi connectivity index (χ1n) is 8.70. The molecule has 0 unspecified atom stereocenters. The van der Waals surface area contributed by atoms with Crippen LogP contribution in [0.1, 0.15) is 24.8 Å². The molecule has 1 aliphatic rings. The van der Waals surface area contributed by atoms with Crippen molar-refractivity contribution in [3.63, 3.8) is 0 Å². The van der Waals surface area contributed by atoms with E-state index in [4.69, 9.17) is 4.74 Å². The molecule has 4 rings (SSSR count). The van der Waals surface area contributed by atoms with Crippen molar-refractivity contribution >= 4 is 5.91 Å². The molecule has 1 N–H and O–H groups in total. The fraction of sp³-hybridized carbons (Fsp3) is 0.250. The van der Waals surface area contributed by atoms with Gasteiger partial charge in [-0.15, -0.1) is 0 Å². The fourth-order valence-electron chi connectivity index (χ4n) is 3.28. The molecule has 3 aromatic rings. The van der Waals surface area contributed by atoms with E-state index in [0.29, 0.717) is 5.75 Å². The molecule has 6 heteroatoms. The van der Waals surface area contributed by atoms with Crippen molar-refractivity contribution in [3.8, 4) is 11.4 Å². The van der Waals surface area contributed by atoms with Gasteiger partial charge in [0.25, 0.3) is 5.91 Å². The van der Waals surface area contributed by atoms with Crippen LogP contribution in [0.2, 0.25) is 0 Å². The Morgan fingerprint density at radius 1 is 1.15 bits per heavy atom. The van der Waals surface area contributed by atoms with Crippen LogP contribution >= 0.6 is 0 Å². The molecule has 0 saturated heterocycles. The van der Waals surface area contributed by atoms with E-state index in [9.17, 15) is 4.79 Å². The van der Waals surface area contributed by atoms with E-state index >= 15 is 0 Å². The minimum Gasteiger partial charge on any atom is -0.484 e. The normalized spacial score (nSPS) is 15.1. The molecule has 0 atom stereocenters. The van der Waals surface area contributed by atoms with Crippen LogP contribution in [-0.4, -0.2) is 27.3 Å². The predicted octanol–water partition coefficient (Wildman–Crippen LogP) is 2.84. The molecule has 1 heterocycles. The second-order valence-electron chi connectivity index (χ2n) is 6.48. The molecule has 132 valence electrons. The number of hydrogen-bond donors (Lipinski definition) is 1. The molecule has 1 saturated carbocycles. The molecular weight excluding hydrogens is 328 g/mol. The Hall–Kier alpha value is -3.15. The molecule has 1 aliphatic carbocycles. The highest BCUT2D eigenvalue weighted by Crippen LogP contribution is 2.41. The zero-order valence-corrected chi connectivity index (χ0v) is 14.3. The lowest BCUT2D eigenvalue weighted by Crippen LogP contribution is -2.52. The number of nitrogens with zero attached hydrogens (tertiary/aromatic N) is 3. The number of ether oxygens (including phenoxy) is 1. The Morgan fingerprint density at radius 3 is 2.69 bits per heavy atom. The van der Waals surface area contributed by atoms with Crippen molar-refractivity contribution in [1.82, 2.24) is 20.1 Å². The summed E-state index contributed by atoms with van der Waals surface area (Å²) in [5.74, 6) is 0.509. The van der Waals surface area contributed by atoms with Gasteiger partial charge in [0, 0.05) is 6.07 Å². The molecule has 0 spiro atoms. The Balaban J connectivity index is 1.39. The maximum Gasteiger partial charge on any atom is 0.258 e. The van der Waals surface area contributed by atoms with Crippen LogP contribution in [0.5, 0.6) is 5.75 Å². The third kappa shape index (κ3) is 3.31. The van der Waals surface area contributed by atoms with Gasteiger partial charge in [0.15, 0.2) is 6.61 Å². The molecule has 0 bridgehead atoms. The summed E-state index contributed by atoms with van der Waals surface area (Å²) in [4.78, 5) is 16.4. The molecule has 1 aromatic heterocycles. The first-order valence-corrected chi connectivity index (χ1v) is 8.70. The molecule has 1 amide bonds. The van der Waals surface area contributed by atoms with Crippen molar-refractivity contribution in [2.45, 2.75) is 24.8 Å². The monoisotopic (exact) mass is 348 g/mol. The van der Waals surface area contributed by atoms with Gasteiger partial charge in [-0.05, 0) is 37.0 Å². The number of benzene rings is 2. The van der Waals surface area contributed by atoms with Crippen molar-refractivity contribution in [3.05, 3.63) is 72.8 Å². The average Bonchev–Trinajstić information content (AvgIpc) is 3.19. The number of carbonyl (C=O) groups excluding carboxylic acids is 1. The lowest BCUT2D eigenvalue weighted by Gasteiger charge is -2.43. The van der Waals surface area contributed by atoms with E-state index in [1.165, 1.54) is 6.33 Å². The van der Waals surface area contributed by atoms with Crippen LogP contribution in [0.4, 0.5) is 0 Å². The van der Waals surface area contributed by atoms with Crippen LogP contribution in [0.3, 0.4) is 0 Å². The molecule has 6 nitrogen and oxygen atoms in total. The van der Waals surface area contributed by atoms with E-state index in [-0.39, 0.29) is 18.1 Å². The Labute approximate surface area is 151 Å². The maximum absolute atomic E-state index is 12.4. The lowest BCUT2D eigenvalue weighted by atomic mass is 9.72. The quantitative estimate of drug-likeness (QED) is 0.744. The predicted molar refractivity (Wildman–Crippen MR) is 97.0 cm³/mol. The van der Waals surface area contributed by atoms with Crippen LogP contribution in [0.25, 0.3) is 5.69 Å². The highest BCUT2D eigenvalue weighted by molar-refractivity contribution is 5.78.